The lowest BCUT2D eigenvalue weighted by atomic mass is 10.0. The van der Waals surface area contributed by atoms with Crippen LogP contribution >= 0.6 is 0 Å². The van der Waals surface area contributed by atoms with E-state index < -0.39 is 6.10 Å². The lowest BCUT2D eigenvalue weighted by molar-refractivity contribution is -0.141. The van der Waals surface area contributed by atoms with Gasteiger partial charge in [0.15, 0.2) is 0 Å². The molecule has 1 aromatic heterocycles. The Morgan fingerprint density at radius 3 is 2.54 bits per heavy atom. The van der Waals surface area contributed by atoms with Crippen molar-refractivity contribution < 1.29 is 24.2 Å². The number of likely N-dealkylation sites (tertiary alicyclic amines) is 1. The fraction of sp³-hybridized carbons (Fsp3) is 0.321. The highest BCUT2D eigenvalue weighted by Crippen LogP contribution is 2.28. The highest BCUT2D eigenvalue weighted by molar-refractivity contribution is 5.89. The Kier molecular flexibility index (Phi) is 8.11. The number of nitriles is 1. The second-order valence-electron chi connectivity index (χ2n) is 8.86. The number of aliphatic hydroxyl groups excluding tert-OH is 1. The van der Waals surface area contributed by atoms with E-state index in [1.165, 1.54) is 14.0 Å². The molecule has 0 radical (unpaired) electrons. The third kappa shape index (κ3) is 6.29. The van der Waals surface area contributed by atoms with Crippen LogP contribution in [0.3, 0.4) is 0 Å². The first-order chi connectivity index (χ1) is 17.9. The summed E-state index contributed by atoms with van der Waals surface area (Å²) < 4.78 is 10.8. The van der Waals surface area contributed by atoms with E-state index in [0.717, 1.165) is 11.1 Å². The number of amides is 1. The monoisotopic (exact) mass is 500 g/mol. The van der Waals surface area contributed by atoms with Gasteiger partial charge in [-0.1, -0.05) is 12.1 Å². The van der Waals surface area contributed by atoms with Crippen LogP contribution in [0.1, 0.15) is 47.1 Å². The average molecular weight is 501 g/mol. The van der Waals surface area contributed by atoms with Crippen molar-refractivity contribution >= 4 is 11.9 Å². The molecular weight excluding hydrogens is 472 g/mol. The topological polar surface area (TPSA) is 126 Å². The molecule has 2 aromatic carbocycles. The van der Waals surface area contributed by atoms with E-state index in [9.17, 15) is 20.0 Å². The van der Waals surface area contributed by atoms with E-state index in [4.69, 9.17) is 9.47 Å². The molecule has 190 valence electrons. The van der Waals surface area contributed by atoms with E-state index in [2.05, 4.69) is 16.0 Å². The maximum absolute atomic E-state index is 12.0. The number of nitrogens with zero attached hydrogens (tertiary/aromatic N) is 4. The van der Waals surface area contributed by atoms with Crippen LogP contribution in [-0.2, 0) is 16.0 Å². The summed E-state index contributed by atoms with van der Waals surface area (Å²) in [7, 11) is 1.35. The molecule has 3 aromatic rings. The van der Waals surface area contributed by atoms with Gasteiger partial charge in [0.05, 0.1) is 23.9 Å². The summed E-state index contributed by atoms with van der Waals surface area (Å²) in [5.74, 6) is 0.442. The van der Waals surface area contributed by atoms with Gasteiger partial charge < -0.3 is 19.5 Å². The van der Waals surface area contributed by atoms with Crippen LogP contribution in [0.5, 0.6) is 5.75 Å². The second kappa shape index (κ2) is 11.6. The summed E-state index contributed by atoms with van der Waals surface area (Å²) in [6.45, 7) is 2.48. The minimum Gasteiger partial charge on any atom is -0.489 e. The Labute approximate surface area is 215 Å². The molecule has 1 N–H and O–H groups in total. The van der Waals surface area contributed by atoms with Gasteiger partial charge in [-0.2, -0.15) is 5.26 Å². The SMILES string of the molecule is COC(=O)c1ccc(Cc2nccc(-c3ccc(OC4CCN(C(=O)[C@@H](C)O)CC4)c(C#N)c3)n2)cc1. The lowest BCUT2D eigenvalue weighted by Crippen LogP contribution is -2.45. The summed E-state index contributed by atoms with van der Waals surface area (Å²) in [6, 6.07) is 16.5. The quantitative estimate of drug-likeness (QED) is 0.491. The normalized spacial score (nSPS) is 14.5. The maximum Gasteiger partial charge on any atom is 0.337 e. The van der Waals surface area contributed by atoms with Crippen LogP contribution in [0.4, 0.5) is 0 Å². The van der Waals surface area contributed by atoms with Gasteiger partial charge in [0.25, 0.3) is 5.91 Å². The Morgan fingerprint density at radius 2 is 1.89 bits per heavy atom. The van der Waals surface area contributed by atoms with E-state index >= 15 is 0 Å². The minimum absolute atomic E-state index is 0.118. The van der Waals surface area contributed by atoms with Crippen molar-refractivity contribution in [3.05, 3.63) is 77.2 Å². The first kappa shape index (κ1) is 25.8. The van der Waals surface area contributed by atoms with E-state index in [1.54, 1.807) is 41.4 Å². The van der Waals surface area contributed by atoms with Gasteiger partial charge in [-0.05, 0) is 48.9 Å². The van der Waals surface area contributed by atoms with Crippen molar-refractivity contribution in [1.29, 1.82) is 5.26 Å². The van der Waals surface area contributed by atoms with Crippen molar-refractivity contribution in [1.82, 2.24) is 14.9 Å². The Morgan fingerprint density at radius 1 is 1.16 bits per heavy atom. The third-order valence-electron chi connectivity index (χ3n) is 6.24. The number of hydrogen-bond acceptors (Lipinski definition) is 8. The number of aromatic nitrogens is 2. The molecule has 1 fully saturated rings. The first-order valence-corrected chi connectivity index (χ1v) is 12.0. The number of hydrogen-bond donors (Lipinski definition) is 1. The van der Waals surface area contributed by atoms with Crippen molar-refractivity contribution in [2.45, 2.75) is 38.4 Å². The zero-order valence-corrected chi connectivity index (χ0v) is 20.8. The summed E-state index contributed by atoms with van der Waals surface area (Å²) in [6.07, 6.45) is 2.29. The van der Waals surface area contributed by atoms with Gasteiger partial charge in [-0.25, -0.2) is 14.8 Å². The van der Waals surface area contributed by atoms with E-state index in [1.807, 2.05) is 18.2 Å². The van der Waals surface area contributed by atoms with Crippen molar-refractivity contribution in [2.75, 3.05) is 20.2 Å². The van der Waals surface area contributed by atoms with Crippen LogP contribution in [0.2, 0.25) is 0 Å². The highest BCUT2D eigenvalue weighted by Gasteiger charge is 2.26. The van der Waals surface area contributed by atoms with Gasteiger partial charge >= 0.3 is 5.97 Å². The summed E-state index contributed by atoms with van der Waals surface area (Å²) in [5, 5.41) is 19.3. The number of piperidine rings is 1. The van der Waals surface area contributed by atoms with Crippen LogP contribution in [0.25, 0.3) is 11.3 Å². The average Bonchev–Trinajstić information content (AvgIpc) is 2.93. The molecule has 4 rings (SSSR count). The number of benzene rings is 2. The maximum atomic E-state index is 12.0. The standard InChI is InChI=1S/C28H28N4O5/c1-18(33)27(34)32-13-10-23(11-14-32)37-25-8-7-21(16-22(25)17-29)24-9-12-30-26(31-24)15-19-3-5-20(6-4-19)28(35)36-2/h3-9,12,16,18,23,33H,10-11,13-15H2,1-2H3/t18-/m1/s1. The first-order valence-electron chi connectivity index (χ1n) is 12.0. The van der Waals surface area contributed by atoms with Gasteiger partial charge in [0.2, 0.25) is 0 Å². The van der Waals surface area contributed by atoms with Crippen LogP contribution in [0.15, 0.2) is 54.7 Å². The fourth-order valence-electron chi connectivity index (χ4n) is 4.22. The van der Waals surface area contributed by atoms with Crippen molar-refractivity contribution in [2.24, 2.45) is 0 Å². The van der Waals surface area contributed by atoms with Gasteiger partial charge in [-0.15, -0.1) is 0 Å². The zero-order chi connectivity index (χ0) is 26.4. The molecule has 1 aliphatic rings. The zero-order valence-electron chi connectivity index (χ0n) is 20.8. The molecule has 37 heavy (non-hydrogen) atoms. The molecule has 9 heteroatoms. The molecule has 1 atom stereocenters. The molecule has 0 saturated carbocycles. The highest BCUT2D eigenvalue weighted by atomic mass is 16.5. The molecule has 2 heterocycles. The molecule has 0 spiro atoms. The molecule has 0 aliphatic carbocycles. The summed E-state index contributed by atoms with van der Waals surface area (Å²) >= 11 is 0. The predicted molar refractivity (Wildman–Crippen MR) is 135 cm³/mol. The van der Waals surface area contributed by atoms with Crippen LogP contribution < -0.4 is 4.74 Å². The predicted octanol–water partition coefficient (Wildman–Crippen LogP) is 3.14. The molecule has 0 unspecified atom stereocenters. The minimum atomic E-state index is -1.01. The van der Waals surface area contributed by atoms with Crippen molar-refractivity contribution in [3.8, 4) is 23.1 Å². The Balaban J connectivity index is 1.44. The van der Waals surface area contributed by atoms with Gasteiger partial charge in [-0.3, -0.25) is 4.79 Å². The molecule has 1 saturated heterocycles. The number of esters is 1. The van der Waals surface area contributed by atoms with E-state index in [-0.39, 0.29) is 18.0 Å². The Hall–Kier alpha value is -4.29. The molecular formula is C28H28N4O5. The Bertz CT molecular complexity index is 1310. The largest absolute Gasteiger partial charge is 0.489 e. The summed E-state index contributed by atoms with van der Waals surface area (Å²) in [5.41, 5.74) is 3.28. The van der Waals surface area contributed by atoms with Gasteiger partial charge in [0, 0.05) is 44.1 Å². The van der Waals surface area contributed by atoms with E-state index in [0.29, 0.717) is 60.7 Å². The number of ether oxygens (including phenoxy) is 2. The number of rotatable bonds is 7. The number of methoxy groups -OCH3 is 1. The van der Waals surface area contributed by atoms with Crippen molar-refractivity contribution in [3.63, 3.8) is 0 Å². The van der Waals surface area contributed by atoms with Crippen LogP contribution in [0, 0.1) is 11.3 Å². The number of carbonyl (C=O) groups is 2. The number of carbonyl (C=O) groups excluding carboxylic acids is 2. The lowest BCUT2D eigenvalue weighted by Gasteiger charge is -2.33. The van der Waals surface area contributed by atoms with Crippen LogP contribution in [-0.4, -0.2) is 64.3 Å². The smallest absolute Gasteiger partial charge is 0.337 e. The number of aliphatic hydroxyl groups is 1. The summed E-state index contributed by atoms with van der Waals surface area (Å²) in [4.78, 5) is 34.3. The fourth-order valence-corrected chi connectivity index (χ4v) is 4.22. The molecule has 9 nitrogen and oxygen atoms in total. The molecule has 1 aliphatic heterocycles. The van der Waals surface area contributed by atoms with Gasteiger partial charge in [0.1, 0.15) is 29.9 Å². The molecule has 0 bridgehead atoms. The second-order valence-corrected chi connectivity index (χ2v) is 8.86. The molecule has 1 amide bonds. The third-order valence-corrected chi connectivity index (χ3v) is 6.24.